The molecule has 0 saturated carbocycles. The zero-order valence-electron chi connectivity index (χ0n) is 13.7. The minimum Gasteiger partial charge on any atom is -0.494 e. The first-order valence-corrected chi connectivity index (χ1v) is 8.92. The highest BCUT2D eigenvalue weighted by molar-refractivity contribution is 7.93. The van der Waals surface area contributed by atoms with Crippen LogP contribution in [0.15, 0.2) is 53.6 Å². The largest absolute Gasteiger partial charge is 0.494 e. The van der Waals surface area contributed by atoms with E-state index in [2.05, 4.69) is 9.71 Å². The number of sulfonamides is 1. The topological polar surface area (TPSA) is 68.3 Å². The van der Waals surface area contributed by atoms with Crippen LogP contribution < -0.4 is 9.46 Å². The molecule has 0 unspecified atom stereocenters. The van der Waals surface area contributed by atoms with Gasteiger partial charge in [0.15, 0.2) is 0 Å². The molecule has 0 fully saturated rings. The standard InChI is InChI=1S/C18H18N2O3S/c1-12-9-13(2)11-14(10-12)20-24(21,22)17-7-6-16(23-3)18-15(17)5-4-8-19-18/h4-11,20H,1-3H3. The molecule has 0 atom stereocenters. The fourth-order valence-electron chi connectivity index (χ4n) is 2.76. The molecule has 0 aliphatic rings. The number of fused-ring (bicyclic) bond motifs is 1. The number of nitrogens with one attached hydrogen (secondary N) is 1. The second kappa shape index (κ2) is 6.13. The van der Waals surface area contributed by atoms with E-state index < -0.39 is 10.0 Å². The van der Waals surface area contributed by atoms with Crippen molar-refractivity contribution < 1.29 is 13.2 Å². The normalized spacial score (nSPS) is 11.5. The lowest BCUT2D eigenvalue weighted by atomic mass is 10.1. The van der Waals surface area contributed by atoms with E-state index in [9.17, 15) is 8.42 Å². The van der Waals surface area contributed by atoms with Crippen molar-refractivity contribution in [1.82, 2.24) is 4.98 Å². The number of methoxy groups -OCH3 is 1. The highest BCUT2D eigenvalue weighted by Gasteiger charge is 2.20. The van der Waals surface area contributed by atoms with Crippen LogP contribution in [0.2, 0.25) is 0 Å². The van der Waals surface area contributed by atoms with Crippen LogP contribution in [0.3, 0.4) is 0 Å². The van der Waals surface area contributed by atoms with Gasteiger partial charge in [-0.2, -0.15) is 0 Å². The molecular formula is C18H18N2O3S. The quantitative estimate of drug-likeness (QED) is 0.785. The summed E-state index contributed by atoms with van der Waals surface area (Å²) < 4.78 is 33.6. The molecule has 0 radical (unpaired) electrons. The van der Waals surface area contributed by atoms with Crippen LogP contribution in [0.1, 0.15) is 11.1 Å². The zero-order valence-corrected chi connectivity index (χ0v) is 14.5. The number of rotatable bonds is 4. The van der Waals surface area contributed by atoms with Gasteiger partial charge >= 0.3 is 0 Å². The Kier molecular flexibility index (Phi) is 4.15. The van der Waals surface area contributed by atoms with E-state index in [1.807, 2.05) is 19.9 Å². The first kappa shape index (κ1) is 16.3. The molecule has 6 heteroatoms. The number of ether oxygens (including phenoxy) is 1. The molecule has 1 heterocycles. The van der Waals surface area contributed by atoms with Crippen molar-refractivity contribution in [2.75, 3.05) is 11.8 Å². The molecule has 0 bridgehead atoms. The maximum absolute atomic E-state index is 12.9. The lowest BCUT2D eigenvalue weighted by Gasteiger charge is -2.13. The molecule has 124 valence electrons. The molecule has 1 aromatic heterocycles. The van der Waals surface area contributed by atoms with Gasteiger partial charge in [0, 0.05) is 17.3 Å². The third-order valence-electron chi connectivity index (χ3n) is 3.68. The van der Waals surface area contributed by atoms with Gasteiger partial charge in [0.05, 0.1) is 12.0 Å². The number of nitrogens with zero attached hydrogens (tertiary/aromatic N) is 1. The summed E-state index contributed by atoms with van der Waals surface area (Å²) in [5.74, 6) is 0.538. The fraction of sp³-hybridized carbons (Fsp3) is 0.167. The van der Waals surface area contributed by atoms with Crippen LogP contribution in [0, 0.1) is 13.8 Å². The van der Waals surface area contributed by atoms with Crippen molar-refractivity contribution in [2.24, 2.45) is 0 Å². The Morgan fingerprint density at radius 2 is 1.75 bits per heavy atom. The number of benzene rings is 2. The Morgan fingerprint density at radius 3 is 2.42 bits per heavy atom. The van der Waals surface area contributed by atoms with E-state index >= 15 is 0 Å². The van der Waals surface area contributed by atoms with Gasteiger partial charge in [0.2, 0.25) is 0 Å². The summed E-state index contributed by atoms with van der Waals surface area (Å²) in [6.07, 6.45) is 1.61. The Morgan fingerprint density at radius 1 is 1.04 bits per heavy atom. The molecule has 5 nitrogen and oxygen atoms in total. The summed E-state index contributed by atoms with van der Waals surface area (Å²) in [4.78, 5) is 4.42. The summed E-state index contributed by atoms with van der Waals surface area (Å²) in [5, 5.41) is 0.522. The molecule has 1 N–H and O–H groups in total. The van der Waals surface area contributed by atoms with E-state index in [4.69, 9.17) is 4.74 Å². The van der Waals surface area contributed by atoms with Gasteiger partial charge in [-0.05, 0) is 61.4 Å². The van der Waals surface area contributed by atoms with Crippen molar-refractivity contribution in [3.8, 4) is 5.75 Å². The average Bonchev–Trinajstić information content (AvgIpc) is 2.52. The van der Waals surface area contributed by atoms with Crippen molar-refractivity contribution in [1.29, 1.82) is 0 Å². The van der Waals surface area contributed by atoms with Gasteiger partial charge < -0.3 is 4.74 Å². The van der Waals surface area contributed by atoms with Crippen molar-refractivity contribution in [2.45, 2.75) is 18.7 Å². The van der Waals surface area contributed by atoms with Gasteiger partial charge in [0.25, 0.3) is 10.0 Å². The third-order valence-corrected chi connectivity index (χ3v) is 5.12. The SMILES string of the molecule is COc1ccc(S(=O)(=O)Nc2cc(C)cc(C)c2)c2cccnc12. The van der Waals surface area contributed by atoms with E-state index in [0.29, 0.717) is 22.3 Å². The van der Waals surface area contributed by atoms with Crippen molar-refractivity contribution >= 4 is 26.6 Å². The molecule has 0 saturated heterocycles. The smallest absolute Gasteiger partial charge is 0.262 e. The van der Waals surface area contributed by atoms with Crippen LogP contribution in [-0.4, -0.2) is 20.5 Å². The average molecular weight is 342 g/mol. The monoisotopic (exact) mass is 342 g/mol. The predicted octanol–water partition coefficient (Wildman–Crippen LogP) is 3.66. The van der Waals surface area contributed by atoms with Crippen LogP contribution in [0.25, 0.3) is 10.9 Å². The lowest BCUT2D eigenvalue weighted by molar-refractivity contribution is 0.418. The van der Waals surface area contributed by atoms with E-state index in [1.54, 1.807) is 36.5 Å². The summed E-state index contributed by atoms with van der Waals surface area (Å²) in [6, 6.07) is 12.2. The highest BCUT2D eigenvalue weighted by atomic mass is 32.2. The Hall–Kier alpha value is -2.60. The molecule has 0 amide bonds. The Labute approximate surface area is 141 Å². The molecule has 24 heavy (non-hydrogen) atoms. The van der Waals surface area contributed by atoms with Gasteiger partial charge in [0.1, 0.15) is 11.3 Å². The first-order valence-electron chi connectivity index (χ1n) is 7.43. The highest BCUT2D eigenvalue weighted by Crippen LogP contribution is 2.30. The number of pyridine rings is 1. The maximum atomic E-state index is 12.9. The van der Waals surface area contributed by atoms with Crippen LogP contribution in [0.4, 0.5) is 5.69 Å². The van der Waals surface area contributed by atoms with Gasteiger partial charge in [-0.3, -0.25) is 9.71 Å². The molecule has 2 aromatic carbocycles. The van der Waals surface area contributed by atoms with E-state index in [-0.39, 0.29) is 4.90 Å². The van der Waals surface area contributed by atoms with E-state index in [0.717, 1.165) is 11.1 Å². The number of anilines is 1. The van der Waals surface area contributed by atoms with Crippen LogP contribution in [0.5, 0.6) is 5.75 Å². The first-order chi connectivity index (χ1) is 11.4. The number of hydrogen-bond acceptors (Lipinski definition) is 4. The minimum atomic E-state index is -3.74. The maximum Gasteiger partial charge on any atom is 0.262 e. The molecule has 0 aliphatic heterocycles. The van der Waals surface area contributed by atoms with E-state index in [1.165, 1.54) is 13.2 Å². The zero-order chi connectivity index (χ0) is 17.3. The summed E-state index contributed by atoms with van der Waals surface area (Å²) in [6.45, 7) is 3.86. The number of aromatic nitrogens is 1. The number of aryl methyl sites for hydroxylation is 2. The van der Waals surface area contributed by atoms with Crippen molar-refractivity contribution in [3.05, 3.63) is 59.8 Å². The Balaban J connectivity index is 2.12. The number of hydrogen-bond donors (Lipinski definition) is 1. The lowest BCUT2D eigenvalue weighted by Crippen LogP contribution is -2.14. The van der Waals surface area contributed by atoms with Crippen LogP contribution >= 0.6 is 0 Å². The second-order valence-electron chi connectivity index (χ2n) is 5.65. The third kappa shape index (κ3) is 3.05. The fourth-order valence-corrected chi connectivity index (χ4v) is 4.00. The summed E-state index contributed by atoms with van der Waals surface area (Å²) >= 11 is 0. The molecule has 0 spiro atoms. The molecule has 3 aromatic rings. The molecule has 3 rings (SSSR count). The predicted molar refractivity (Wildman–Crippen MR) is 95.0 cm³/mol. The molecular weight excluding hydrogens is 324 g/mol. The van der Waals surface area contributed by atoms with Gasteiger partial charge in [-0.25, -0.2) is 8.42 Å². The van der Waals surface area contributed by atoms with Crippen molar-refractivity contribution in [3.63, 3.8) is 0 Å². The second-order valence-corrected chi connectivity index (χ2v) is 7.30. The van der Waals surface area contributed by atoms with Crippen LogP contribution in [-0.2, 0) is 10.0 Å². The summed E-state index contributed by atoms with van der Waals surface area (Å²) in [7, 11) is -2.21. The minimum absolute atomic E-state index is 0.172. The molecule has 0 aliphatic carbocycles. The summed E-state index contributed by atoms with van der Waals surface area (Å²) in [5.41, 5.74) is 3.05. The van der Waals surface area contributed by atoms with Gasteiger partial charge in [-0.1, -0.05) is 6.07 Å². The van der Waals surface area contributed by atoms with Gasteiger partial charge in [-0.15, -0.1) is 0 Å². The Bertz CT molecular complexity index is 994.